The number of nitrogens with zero attached hydrogens (tertiary/aromatic N) is 1. The number of aromatic nitrogens is 1. The van der Waals surface area contributed by atoms with Crippen LogP contribution < -0.4 is 5.73 Å². The Hall–Kier alpha value is -1.19. The molecule has 4 heteroatoms. The van der Waals surface area contributed by atoms with Crippen LogP contribution in [-0.4, -0.2) is 4.98 Å². The predicted molar refractivity (Wildman–Crippen MR) is 74.4 cm³/mol. The third-order valence-electron chi connectivity index (χ3n) is 2.52. The summed E-state index contributed by atoms with van der Waals surface area (Å²) in [5.74, 6) is 0.801. The smallest absolute Gasteiger partial charge is 0.0629 e. The molecule has 0 saturated carbocycles. The summed E-state index contributed by atoms with van der Waals surface area (Å²) in [5.41, 5.74) is 9.05. The molecule has 1 heterocycles. The molecule has 88 valence electrons. The first-order valence-corrected chi connectivity index (χ1v) is 6.61. The predicted octanol–water partition coefficient (Wildman–Crippen LogP) is 3.92. The number of thioether (sulfide) groups is 1. The van der Waals surface area contributed by atoms with E-state index in [4.69, 9.17) is 17.3 Å². The van der Waals surface area contributed by atoms with Gasteiger partial charge in [-0.15, -0.1) is 11.8 Å². The van der Waals surface area contributed by atoms with E-state index in [0.717, 1.165) is 27.5 Å². The van der Waals surface area contributed by atoms with Crippen LogP contribution in [0.1, 0.15) is 11.1 Å². The molecule has 0 amide bonds. The first-order chi connectivity index (χ1) is 8.18. The minimum absolute atomic E-state index is 0.700. The van der Waals surface area contributed by atoms with Gasteiger partial charge in [-0.2, -0.15) is 0 Å². The Morgan fingerprint density at radius 2 is 2.18 bits per heavy atom. The van der Waals surface area contributed by atoms with E-state index in [1.54, 1.807) is 24.2 Å². The molecule has 2 rings (SSSR count). The Kier molecular flexibility index (Phi) is 3.92. The molecule has 0 aliphatic heterocycles. The molecular weight excluding hydrogens is 252 g/mol. The van der Waals surface area contributed by atoms with Crippen molar-refractivity contribution in [2.45, 2.75) is 17.6 Å². The monoisotopic (exact) mass is 264 g/mol. The average molecular weight is 265 g/mol. The van der Waals surface area contributed by atoms with Crippen LogP contribution in [0.4, 0.5) is 5.69 Å². The maximum atomic E-state index is 6.05. The van der Waals surface area contributed by atoms with Gasteiger partial charge in [0.2, 0.25) is 0 Å². The number of aryl methyl sites for hydroxylation is 1. The van der Waals surface area contributed by atoms with Crippen LogP contribution in [0.5, 0.6) is 0 Å². The van der Waals surface area contributed by atoms with Crippen molar-refractivity contribution in [2.75, 3.05) is 5.73 Å². The van der Waals surface area contributed by atoms with Gasteiger partial charge in [0.15, 0.2) is 0 Å². The number of para-hydroxylation sites is 1. The molecule has 17 heavy (non-hydrogen) atoms. The highest BCUT2D eigenvalue weighted by Crippen LogP contribution is 2.31. The summed E-state index contributed by atoms with van der Waals surface area (Å²) in [5, 5.41) is 0.700. The molecule has 0 atom stereocenters. The highest BCUT2D eigenvalue weighted by Gasteiger charge is 2.04. The van der Waals surface area contributed by atoms with E-state index in [9.17, 15) is 0 Å². The first kappa shape index (κ1) is 12.3. The SMILES string of the molecule is Cc1cccc(SCc2ccncc2Cl)c1N. The number of anilines is 1. The molecule has 0 aliphatic carbocycles. The number of hydrogen-bond donors (Lipinski definition) is 1. The van der Waals surface area contributed by atoms with Crippen molar-refractivity contribution in [2.24, 2.45) is 0 Å². The summed E-state index contributed by atoms with van der Waals surface area (Å²) < 4.78 is 0. The summed E-state index contributed by atoms with van der Waals surface area (Å²) in [4.78, 5) is 5.06. The van der Waals surface area contributed by atoms with Gasteiger partial charge < -0.3 is 5.73 Å². The largest absolute Gasteiger partial charge is 0.398 e. The summed E-state index contributed by atoms with van der Waals surface area (Å²) in [6.45, 7) is 2.01. The summed E-state index contributed by atoms with van der Waals surface area (Å²) in [6, 6.07) is 7.99. The Balaban J connectivity index is 2.13. The summed E-state index contributed by atoms with van der Waals surface area (Å²) >= 11 is 7.75. The molecule has 2 nitrogen and oxygen atoms in total. The van der Waals surface area contributed by atoms with Crippen molar-refractivity contribution in [3.8, 4) is 0 Å². The molecule has 2 aromatic rings. The lowest BCUT2D eigenvalue weighted by molar-refractivity contribution is 1.27. The van der Waals surface area contributed by atoms with E-state index in [0.29, 0.717) is 5.02 Å². The minimum atomic E-state index is 0.700. The fourth-order valence-corrected chi connectivity index (χ4v) is 2.78. The molecule has 0 spiro atoms. The van der Waals surface area contributed by atoms with E-state index in [1.807, 2.05) is 31.2 Å². The van der Waals surface area contributed by atoms with Gasteiger partial charge in [0.25, 0.3) is 0 Å². The van der Waals surface area contributed by atoms with E-state index in [-0.39, 0.29) is 0 Å². The van der Waals surface area contributed by atoms with Crippen molar-refractivity contribution in [1.29, 1.82) is 0 Å². The van der Waals surface area contributed by atoms with E-state index >= 15 is 0 Å². The van der Waals surface area contributed by atoms with Gasteiger partial charge in [0, 0.05) is 28.7 Å². The lowest BCUT2D eigenvalue weighted by Crippen LogP contribution is -1.92. The molecule has 0 radical (unpaired) electrons. The van der Waals surface area contributed by atoms with E-state index in [2.05, 4.69) is 4.98 Å². The van der Waals surface area contributed by atoms with Crippen LogP contribution in [0.25, 0.3) is 0 Å². The maximum Gasteiger partial charge on any atom is 0.0629 e. The maximum absolute atomic E-state index is 6.05. The zero-order valence-electron chi connectivity index (χ0n) is 9.48. The molecule has 0 saturated heterocycles. The van der Waals surface area contributed by atoms with Crippen LogP contribution in [-0.2, 0) is 5.75 Å². The second kappa shape index (κ2) is 5.43. The molecule has 0 fully saturated rings. The highest BCUT2D eigenvalue weighted by molar-refractivity contribution is 7.98. The third kappa shape index (κ3) is 2.93. The standard InChI is InChI=1S/C13H13ClN2S/c1-9-3-2-4-12(13(9)15)17-8-10-5-6-16-7-11(10)14/h2-7H,8,15H2,1H3. The van der Waals surface area contributed by atoms with Crippen LogP contribution in [0.15, 0.2) is 41.6 Å². The van der Waals surface area contributed by atoms with Gasteiger partial charge in [-0.25, -0.2) is 0 Å². The molecule has 2 N–H and O–H groups in total. The lowest BCUT2D eigenvalue weighted by Gasteiger charge is -2.08. The zero-order valence-corrected chi connectivity index (χ0v) is 11.1. The normalized spacial score (nSPS) is 10.5. The van der Waals surface area contributed by atoms with Crippen LogP contribution in [0, 0.1) is 6.92 Å². The Labute approximate surface area is 110 Å². The third-order valence-corrected chi connectivity index (χ3v) is 3.99. The van der Waals surface area contributed by atoms with Gasteiger partial charge in [0.05, 0.1) is 5.02 Å². The summed E-state index contributed by atoms with van der Waals surface area (Å²) in [6.07, 6.45) is 3.42. The van der Waals surface area contributed by atoms with Crippen LogP contribution in [0.3, 0.4) is 0 Å². The number of pyridine rings is 1. The highest BCUT2D eigenvalue weighted by atomic mass is 35.5. The van der Waals surface area contributed by atoms with Crippen molar-refractivity contribution in [3.05, 3.63) is 52.8 Å². The van der Waals surface area contributed by atoms with E-state index in [1.165, 1.54) is 0 Å². The molecule has 0 bridgehead atoms. The Morgan fingerprint density at radius 1 is 1.35 bits per heavy atom. The second-order valence-electron chi connectivity index (χ2n) is 3.74. The number of hydrogen-bond acceptors (Lipinski definition) is 3. The molecular formula is C13H13ClN2S. The van der Waals surface area contributed by atoms with Gasteiger partial charge in [0.1, 0.15) is 0 Å². The second-order valence-corrected chi connectivity index (χ2v) is 5.17. The number of rotatable bonds is 3. The molecule has 0 aliphatic rings. The van der Waals surface area contributed by atoms with Crippen molar-refractivity contribution < 1.29 is 0 Å². The summed E-state index contributed by atoms with van der Waals surface area (Å²) in [7, 11) is 0. The number of benzene rings is 1. The van der Waals surface area contributed by atoms with Gasteiger partial charge in [-0.1, -0.05) is 23.7 Å². The van der Waals surface area contributed by atoms with Crippen molar-refractivity contribution in [3.63, 3.8) is 0 Å². The van der Waals surface area contributed by atoms with Crippen LogP contribution >= 0.6 is 23.4 Å². The van der Waals surface area contributed by atoms with Gasteiger partial charge in [-0.3, -0.25) is 4.98 Å². The van der Waals surface area contributed by atoms with Crippen molar-refractivity contribution >= 4 is 29.1 Å². The topological polar surface area (TPSA) is 38.9 Å². The number of nitrogens with two attached hydrogens (primary N) is 1. The number of halogens is 1. The minimum Gasteiger partial charge on any atom is -0.398 e. The fourth-order valence-electron chi connectivity index (χ4n) is 1.46. The zero-order chi connectivity index (χ0) is 12.3. The average Bonchev–Trinajstić information content (AvgIpc) is 2.33. The molecule has 0 unspecified atom stereocenters. The first-order valence-electron chi connectivity index (χ1n) is 5.25. The molecule has 1 aromatic heterocycles. The Bertz CT molecular complexity index is 529. The number of nitrogen functional groups attached to an aromatic ring is 1. The van der Waals surface area contributed by atoms with Crippen LogP contribution in [0.2, 0.25) is 5.02 Å². The fraction of sp³-hybridized carbons (Fsp3) is 0.154. The lowest BCUT2D eigenvalue weighted by atomic mass is 10.2. The quantitative estimate of drug-likeness (QED) is 0.675. The Morgan fingerprint density at radius 3 is 2.94 bits per heavy atom. The van der Waals surface area contributed by atoms with E-state index < -0.39 is 0 Å². The molecule has 1 aromatic carbocycles. The van der Waals surface area contributed by atoms with Crippen molar-refractivity contribution in [1.82, 2.24) is 4.98 Å². The van der Waals surface area contributed by atoms with Gasteiger partial charge in [-0.05, 0) is 30.2 Å². The van der Waals surface area contributed by atoms with Gasteiger partial charge >= 0.3 is 0 Å².